The first-order valence-corrected chi connectivity index (χ1v) is 10.1. The number of hydrogen-bond acceptors (Lipinski definition) is 2. The lowest BCUT2D eigenvalue weighted by molar-refractivity contribution is 0.320. The van der Waals surface area contributed by atoms with E-state index in [1.165, 1.54) is 31.4 Å². The smallest absolute Gasteiger partial charge is 0.0599 e. The van der Waals surface area contributed by atoms with Gasteiger partial charge in [-0.25, -0.2) is 0 Å². The average molecular weight is 217 g/mol. The van der Waals surface area contributed by atoms with E-state index in [0.717, 1.165) is 5.25 Å². The lowest BCUT2D eigenvalue weighted by Crippen LogP contribution is -2.46. The molecule has 3 heteroatoms. The second-order valence-electron chi connectivity index (χ2n) is 5.20. The van der Waals surface area contributed by atoms with Crippen molar-refractivity contribution >= 4 is 19.8 Å². The minimum absolute atomic E-state index is 0.870. The Kier molecular flexibility index (Phi) is 4.33. The normalized spacial score (nSPS) is 26.3. The van der Waals surface area contributed by atoms with Crippen molar-refractivity contribution in [3.8, 4) is 0 Å². The molecule has 0 aliphatic carbocycles. The SMILES string of the molecule is CCC1CN(C[Si](C)(C)C)CCS1. The molecule has 1 atom stereocenters. The second-order valence-corrected chi connectivity index (χ2v) is 12.0. The highest BCUT2D eigenvalue weighted by molar-refractivity contribution is 8.00. The molecule has 0 radical (unpaired) electrons. The summed E-state index contributed by atoms with van der Waals surface area (Å²) < 4.78 is 0. The van der Waals surface area contributed by atoms with Gasteiger partial charge >= 0.3 is 0 Å². The first-order chi connectivity index (χ1) is 6.01. The number of hydrogen-bond donors (Lipinski definition) is 0. The molecule has 1 fully saturated rings. The summed E-state index contributed by atoms with van der Waals surface area (Å²) in [4.78, 5) is 2.69. The summed E-state index contributed by atoms with van der Waals surface area (Å²) in [5, 5.41) is 0.907. The summed E-state index contributed by atoms with van der Waals surface area (Å²) in [6.45, 7) is 12.4. The Hall–Kier alpha value is 0.527. The molecule has 0 aromatic rings. The molecule has 1 heterocycles. The lowest BCUT2D eigenvalue weighted by Gasteiger charge is -2.35. The first-order valence-electron chi connectivity index (χ1n) is 5.35. The van der Waals surface area contributed by atoms with E-state index in [9.17, 15) is 0 Å². The second kappa shape index (κ2) is 4.85. The first kappa shape index (κ1) is 11.6. The van der Waals surface area contributed by atoms with Gasteiger partial charge in [-0.2, -0.15) is 11.8 Å². The maximum Gasteiger partial charge on any atom is 0.0599 e. The molecule has 1 aliphatic heterocycles. The van der Waals surface area contributed by atoms with Crippen LogP contribution in [0.5, 0.6) is 0 Å². The van der Waals surface area contributed by atoms with E-state index >= 15 is 0 Å². The van der Waals surface area contributed by atoms with Crippen LogP contribution < -0.4 is 0 Å². The van der Waals surface area contributed by atoms with Gasteiger partial charge in [-0.3, -0.25) is 0 Å². The summed E-state index contributed by atoms with van der Waals surface area (Å²) in [6, 6.07) is 0. The molecule has 0 spiro atoms. The Morgan fingerprint density at radius 3 is 2.62 bits per heavy atom. The molecule has 0 bridgehead atoms. The number of nitrogens with zero attached hydrogens (tertiary/aromatic N) is 1. The van der Waals surface area contributed by atoms with Crippen molar-refractivity contribution in [2.24, 2.45) is 0 Å². The standard InChI is InChI=1S/C10H23NSSi/c1-5-10-8-11(6-7-12-10)9-13(2,3)4/h10H,5-9H2,1-4H3. The highest BCUT2D eigenvalue weighted by Crippen LogP contribution is 2.21. The van der Waals surface area contributed by atoms with Crippen molar-refractivity contribution in [1.29, 1.82) is 0 Å². The van der Waals surface area contributed by atoms with E-state index in [4.69, 9.17) is 0 Å². The minimum Gasteiger partial charge on any atom is -0.304 e. The fourth-order valence-electron chi connectivity index (χ4n) is 1.84. The third kappa shape index (κ3) is 4.52. The lowest BCUT2D eigenvalue weighted by atomic mass is 10.3. The molecule has 0 amide bonds. The van der Waals surface area contributed by atoms with Gasteiger partial charge in [-0.1, -0.05) is 26.6 Å². The molecule has 1 unspecified atom stereocenters. The maximum absolute atomic E-state index is 2.69. The topological polar surface area (TPSA) is 3.24 Å². The Labute approximate surface area is 88.3 Å². The summed E-state index contributed by atoms with van der Waals surface area (Å²) in [5.41, 5.74) is 0. The van der Waals surface area contributed by atoms with Crippen LogP contribution in [-0.2, 0) is 0 Å². The van der Waals surface area contributed by atoms with Crippen LogP contribution in [-0.4, -0.2) is 43.2 Å². The zero-order valence-corrected chi connectivity index (χ0v) is 11.3. The molecular formula is C10H23NSSi. The van der Waals surface area contributed by atoms with Gasteiger partial charge in [0.05, 0.1) is 8.07 Å². The summed E-state index contributed by atoms with van der Waals surface area (Å²) in [7, 11) is -0.870. The molecule has 1 nitrogen and oxygen atoms in total. The molecule has 13 heavy (non-hydrogen) atoms. The Morgan fingerprint density at radius 2 is 2.08 bits per heavy atom. The third-order valence-corrected chi connectivity index (χ3v) is 5.14. The largest absolute Gasteiger partial charge is 0.304 e. The van der Waals surface area contributed by atoms with Gasteiger partial charge in [0.15, 0.2) is 0 Å². The van der Waals surface area contributed by atoms with Gasteiger partial charge in [-0.05, 0) is 12.6 Å². The number of thioether (sulfide) groups is 1. The molecule has 0 aromatic carbocycles. The van der Waals surface area contributed by atoms with Crippen LogP contribution in [0.1, 0.15) is 13.3 Å². The van der Waals surface area contributed by atoms with Crippen LogP contribution in [0.3, 0.4) is 0 Å². The van der Waals surface area contributed by atoms with Gasteiger partial charge in [0.1, 0.15) is 0 Å². The van der Waals surface area contributed by atoms with Crippen molar-refractivity contribution in [3.63, 3.8) is 0 Å². The average Bonchev–Trinajstić information content (AvgIpc) is 2.01. The van der Waals surface area contributed by atoms with Crippen LogP contribution in [0.2, 0.25) is 19.6 Å². The Bertz CT molecular complexity index is 155. The summed E-state index contributed by atoms with van der Waals surface area (Å²) in [5.74, 6) is 1.35. The van der Waals surface area contributed by atoms with Gasteiger partial charge in [0.2, 0.25) is 0 Å². The van der Waals surface area contributed by atoms with Gasteiger partial charge < -0.3 is 4.90 Å². The zero-order valence-electron chi connectivity index (χ0n) is 9.47. The van der Waals surface area contributed by atoms with Crippen LogP contribution >= 0.6 is 11.8 Å². The molecule has 1 rings (SSSR count). The molecular weight excluding hydrogens is 194 g/mol. The molecule has 1 saturated heterocycles. The van der Waals surface area contributed by atoms with Crippen molar-refractivity contribution in [3.05, 3.63) is 0 Å². The van der Waals surface area contributed by atoms with E-state index < -0.39 is 8.07 Å². The van der Waals surface area contributed by atoms with Crippen LogP contribution in [0.25, 0.3) is 0 Å². The fraction of sp³-hybridized carbons (Fsp3) is 1.00. The molecule has 78 valence electrons. The predicted molar refractivity (Wildman–Crippen MR) is 66.3 cm³/mol. The maximum atomic E-state index is 2.69. The highest BCUT2D eigenvalue weighted by atomic mass is 32.2. The zero-order chi connectivity index (χ0) is 9.90. The fourth-order valence-corrected chi connectivity index (χ4v) is 4.72. The van der Waals surface area contributed by atoms with Crippen LogP contribution in [0.4, 0.5) is 0 Å². The van der Waals surface area contributed by atoms with E-state index in [0.29, 0.717) is 0 Å². The van der Waals surface area contributed by atoms with E-state index in [-0.39, 0.29) is 0 Å². The van der Waals surface area contributed by atoms with E-state index in [1.54, 1.807) is 0 Å². The van der Waals surface area contributed by atoms with Crippen LogP contribution in [0, 0.1) is 0 Å². The van der Waals surface area contributed by atoms with Gasteiger partial charge in [0, 0.05) is 24.1 Å². The van der Waals surface area contributed by atoms with Crippen LogP contribution in [0.15, 0.2) is 0 Å². The summed E-state index contributed by atoms with van der Waals surface area (Å²) >= 11 is 2.17. The molecule has 0 saturated carbocycles. The van der Waals surface area contributed by atoms with Crippen molar-refractivity contribution in [2.75, 3.05) is 25.0 Å². The molecule has 0 N–H and O–H groups in total. The highest BCUT2D eigenvalue weighted by Gasteiger charge is 2.23. The van der Waals surface area contributed by atoms with E-state index in [1.807, 2.05) is 0 Å². The van der Waals surface area contributed by atoms with Crippen molar-refractivity contribution < 1.29 is 0 Å². The molecule has 0 aromatic heterocycles. The van der Waals surface area contributed by atoms with E-state index in [2.05, 4.69) is 43.2 Å². The van der Waals surface area contributed by atoms with Gasteiger partial charge in [0.25, 0.3) is 0 Å². The molecule has 1 aliphatic rings. The quantitative estimate of drug-likeness (QED) is 0.669. The predicted octanol–water partition coefficient (Wildman–Crippen LogP) is 2.69. The Morgan fingerprint density at radius 1 is 1.38 bits per heavy atom. The Balaban J connectivity index is 2.34. The third-order valence-electron chi connectivity index (χ3n) is 2.38. The monoisotopic (exact) mass is 217 g/mol. The van der Waals surface area contributed by atoms with Gasteiger partial charge in [-0.15, -0.1) is 0 Å². The van der Waals surface area contributed by atoms with Crippen molar-refractivity contribution in [2.45, 2.75) is 38.2 Å². The minimum atomic E-state index is -0.870. The number of rotatable bonds is 3. The summed E-state index contributed by atoms with van der Waals surface area (Å²) in [6.07, 6.45) is 2.73. The van der Waals surface area contributed by atoms with Crippen molar-refractivity contribution in [1.82, 2.24) is 4.90 Å².